The van der Waals surface area contributed by atoms with E-state index in [0.717, 1.165) is 36.4 Å². The van der Waals surface area contributed by atoms with Gasteiger partial charge in [0.2, 0.25) is 11.8 Å². The van der Waals surface area contributed by atoms with E-state index in [1.165, 1.54) is 0 Å². The summed E-state index contributed by atoms with van der Waals surface area (Å²) in [6.07, 6.45) is 1.11. The second-order valence-corrected chi connectivity index (χ2v) is 7.29. The minimum absolute atomic E-state index is 0.0179. The van der Waals surface area contributed by atoms with Crippen molar-refractivity contribution in [1.82, 2.24) is 4.90 Å². The van der Waals surface area contributed by atoms with Crippen LogP contribution in [0.25, 0.3) is 0 Å². The Morgan fingerprint density at radius 1 is 1.20 bits per heavy atom. The molecule has 1 aromatic rings. The highest BCUT2D eigenvalue weighted by Crippen LogP contribution is 2.34. The number of ether oxygens (including phenoxy) is 1. The van der Waals surface area contributed by atoms with Crippen LogP contribution in [-0.4, -0.2) is 54.6 Å². The van der Waals surface area contributed by atoms with Gasteiger partial charge >= 0.3 is 0 Å². The van der Waals surface area contributed by atoms with Crippen molar-refractivity contribution in [3.05, 3.63) is 23.8 Å². The number of anilines is 2. The SMILES string of the molecule is CC(=O)N1c2ccc(NC(=O)CN3C[C@H](C)O[C@@H](C)C3)cc2C[C@H]1C. The first-order valence-electron chi connectivity index (χ1n) is 8.94. The first-order chi connectivity index (χ1) is 11.8. The molecule has 0 bridgehead atoms. The first-order valence-corrected chi connectivity index (χ1v) is 8.94. The van der Waals surface area contributed by atoms with E-state index in [2.05, 4.69) is 10.2 Å². The average molecular weight is 345 g/mol. The minimum Gasteiger partial charge on any atom is -0.373 e. The largest absolute Gasteiger partial charge is 0.373 e. The van der Waals surface area contributed by atoms with Crippen LogP contribution < -0.4 is 10.2 Å². The van der Waals surface area contributed by atoms with Gasteiger partial charge in [-0.1, -0.05) is 0 Å². The minimum atomic E-state index is -0.0179. The third-order valence-electron chi connectivity index (χ3n) is 4.78. The van der Waals surface area contributed by atoms with Gasteiger partial charge < -0.3 is 15.0 Å². The normalized spacial score (nSPS) is 26.4. The maximum Gasteiger partial charge on any atom is 0.238 e. The van der Waals surface area contributed by atoms with Gasteiger partial charge in [0.05, 0.1) is 18.8 Å². The number of hydrogen-bond donors (Lipinski definition) is 1. The Labute approximate surface area is 149 Å². The lowest BCUT2D eigenvalue weighted by molar-refractivity contribution is -0.121. The third kappa shape index (κ3) is 4.02. The summed E-state index contributed by atoms with van der Waals surface area (Å²) < 4.78 is 5.70. The van der Waals surface area contributed by atoms with E-state index in [4.69, 9.17) is 4.74 Å². The molecule has 2 heterocycles. The topological polar surface area (TPSA) is 61.9 Å². The van der Waals surface area contributed by atoms with Gasteiger partial charge in [0, 0.05) is 37.4 Å². The number of nitrogens with zero attached hydrogens (tertiary/aromatic N) is 2. The van der Waals surface area contributed by atoms with Crippen LogP contribution in [0.3, 0.4) is 0 Å². The van der Waals surface area contributed by atoms with Crippen LogP contribution in [0.2, 0.25) is 0 Å². The average Bonchev–Trinajstić information content (AvgIpc) is 2.80. The van der Waals surface area contributed by atoms with Crippen LogP contribution in [0.5, 0.6) is 0 Å². The molecule has 0 aliphatic carbocycles. The van der Waals surface area contributed by atoms with Gasteiger partial charge in [0.15, 0.2) is 0 Å². The summed E-state index contributed by atoms with van der Waals surface area (Å²) in [5.74, 6) is 0.0364. The van der Waals surface area contributed by atoms with Crippen LogP contribution in [0.15, 0.2) is 18.2 Å². The van der Waals surface area contributed by atoms with Crippen LogP contribution in [0.4, 0.5) is 11.4 Å². The Balaban J connectivity index is 1.63. The molecule has 0 spiro atoms. The summed E-state index contributed by atoms with van der Waals surface area (Å²) in [4.78, 5) is 28.1. The van der Waals surface area contributed by atoms with Crippen molar-refractivity contribution in [3.8, 4) is 0 Å². The van der Waals surface area contributed by atoms with Crippen molar-refractivity contribution in [2.75, 3.05) is 29.9 Å². The fraction of sp³-hybridized carbons (Fsp3) is 0.579. The summed E-state index contributed by atoms with van der Waals surface area (Å²) >= 11 is 0. The second-order valence-electron chi connectivity index (χ2n) is 7.29. The van der Waals surface area contributed by atoms with E-state index in [1.54, 1.807) is 6.92 Å². The van der Waals surface area contributed by atoms with E-state index >= 15 is 0 Å². The number of nitrogens with one attached hydrogen (secondary N) is 1. The molecule has 1 N–H and O–H groups in total. The van der Waals surface area contributed by atoms with E-state index in [0.29, 0.717) is 6.54 Å². The molecular weight excluding hydrogens is 318 g/mol. The number of amides is 2. The predicted molar refractivity (Wildman–Crippen MR) is 97.8 cm³/mol. The Kier molecular flexibility index (Phi) is 5.11. The molecule has 1 fully saturated rings. The zero-order valence-corrected chi connectivity index (χ0v) is 15.4. The molecule has 1 aromatic carbocycles. The Bertz CT molecular complexity index is 666. The molecule has 0 saturated carbocycles. The first kappa shape index (κ1) is 17.9. The summed E-state index contributed by atoms with van der Waals surface area (Å²) in [6.45, 7) is 9.60. The Morgan fingerprint density at radius 2 is 1.88 bits per heavy atom. The zero-order chi connectivity index (χ0) is 18.1. The molecule has 136 valence electrons. The lowest BCUT2D eigenvalue weighted by Gasteiger charge is -2.34. The molecule has 1 saturated heterocycles. The number of carbonyl (C=O) groups excluding carboxylic acids is 2. The van der Waals surface area contributed by atoms with Gasteiger partial charge in [0.25, 0.3) is 0 Å². The lowest BCUT2D eigenvalue weighted by atomic mass is 10.1. The maximum atomic E-state index is 12.4. The standard InChI is InChI=1S/C19H27N3O3/c1-12-7-16-8-17(5-6-18(16)22(12)15(4)23)20-19(24)11-21-9-13(2)25-14(3)10-21/h5-6,8,12-14H,7,9-11H2,1-4H3,(H,20,24)/t12-,13+,14+/m1/s1. The predicted octanol–water partition coefficient (Wildman–Crippen LogP) is 2.03. The Morgan fingerprint density at radius 3 is 2.52 bits per heavy atom. The number of carbonyl (C=O) groups is 2. The molecule has 0 radical (unpaired) electrons. The van der Waals surface area contributed by atoms with Gasteiger partial charge in [-0.3, -0.25) is 14.5 Å². The highest BCUT2D eigenvalue weighted by Gasteiger charge is 2.29. The zero-order valence-electron chi connectivity index (χ0n) is 15.4. The highest BCUT2D eigenvalue weighted by atomic mass is 16.5. The molecule has 2 aliphatic heterocycles. The molecule has 6 nitrogen and oxygen atoms in total. The molecule has 0 unspecified atom stereocenters. The fourth-order valence-electron chi connectivity index (χ4n) is 4.01. The van der Waals surface area contributed by atoms with E-state index in [1.807, 2.05) is 43.9 Å². The van der Waals surface area contributed by atoms with Crippen molar-refractivity contribution in [2.24, 2.45) is 0 Å². The van der Waals surface area contributed by atoms with Crippen molar-refractivity contribution < 1.29 is 14.3 Å². The smallest absolute Gasteiger partial charge is 0.238 e. The fourth-order valence-corrected chi connectivity index (χ4v) is 4.01. The van der Waals surface area contributed by atoms with Gasteiger partial charge in [-0.2, -0.15) is 0 Å². The quantitative estimate of drug-likeness (QED) is 0.911. The van der Waals surface area contributed by atoms with Crippen molar-refractivity contribution in [3.63, 3.8) is 0 Å². The van der Waals surface area contributed by atoms with Crippen LogP contribution in [0.1, 0.15) is 33.3 Å². The van der Waals surface area contributed by atoms with Crippen LogP contribution >= 0.6 is 0 Å². The molecule has 6 heteroatoms. The van der Waals surface area contributed by atoms with Crippen LogP contribution in [-0.2, 0) is 20.7 Å². The van der Waals surface area contributed by atoms with E-state index < -0.39 is 0 Å². The van der Waals surface area contributed by atoms with Gasteiger partial charge in [0.1, 0.15) is 0 Å². The van der Waals surface area contributed by atoms with E-state index in [9.17, 15) is 9.59 Å². The molecular formula is C19H27N3O3. The second kappa shape index (κ2) is 7.14. The number of hydrogen-bond acceptors (Lipinski definition) is 4. The highest BCUT2D eigenvalue weighted by molar-refractivity contribution is 5.96. The van der Waals surface area contributed by atoms with Gasteiger partial charge in [-0.05, 0) is 51.0 Å². The number of benzene rings is 1. The summed E-state index contributed by atoms with van der Waals surface area (Å²) in [5, 5.41) is 2.98. The van der Waals surface area contributed by atoms with Crippen molar-refractivity contribution in [2.45, 2.75) is 52.4 Å². The van der Waals surface area contributed by atoms with Crippen LogP contribution in [0, 0.1) is 0 Å². The summed E-state index contributed by atoms with van der Waals surface area (Å²) in [5.41, 5.74) is 2.85. The third-order valence-corrected chi connectivity index (χ3v) is 4.78. The van der Waals surface area contributed by atoms with Crippen molar-refractivity contribution in [1.29, 1.82) is 0 Å². The number of rotatable bonds is 3. The molecule has 25 heavy (non-hydrogen) atoms. The van der Waals surface area contributed by atoms with Crippen molar-refractivity contribution >= 4 is 23.2 Å². The number of fused-ring (bicyclic) bond motifs is 1. The monoisotopic (exact) mass is 345 g/mol. The molecule has 3 rings (SSSR count). The summed E-state index contributed by atoms with van der Waals surface area (Å²) in [7, 11) is 0. The van der Waals surface area contributed by atoms with Gasteiger partial charge in [-0.15, -0.1) is 0 Å². The van der Waals surface area contributed by atoms with Gasteiger partial charge in [-0.25, -0.2) is 0 Å². The molecule has 2 aliphatic rings. The lowest BCUT2D eigenvalue weighted by Crippen LogP contribution is -2.48. The van der Waals surface area contributed by atoms with E-state index in [-0.39, 0.29) is 30.1 Å². The summed E-state index contributed by atoms with van der Waals surface area (Å²) in [6, 6.07) is 5.94. The number of morpholine rings is 1. The Hall–Kier alpha value is -1.92. The molecule has 0 aromatic heterocycles. The molecule has 2 amide bonds. The maximum absolute atomic E-state index is 12.4. The molecule has 3 atom stereocenters.